The summed E-state index contributed by atoms with van der Waals surface area (Å²) in [7, 11) is 2.30. The van der Waals surface area contributed by atoms with Crippen molar-refractivity contribution >= 4 is 40.2 Å². The molecule has 9 rings (SSSR count). The van der Waals surface area contributed by atoms with E-state index < -0.39 is 0 Å². The van der Waals surface area contributed by atoms with Crippen LogP contribution in [0, 0.1) is 17.2 Å². The van der Waals surface area contributed by atoms with Gasteiger partial charge in [0.2, 0.25) is 11.8 Å². The van der Waals surface area contributed by atoms with Gasteiger partial charge in [-0.05, 0) is 107 Å². The number of piperidine rings is 2. The maximum atomic E-state index is 12.3. The molecule has 3 aliphatic heterocycles. The monoisotopic (exact) mass is 799 g/mol. The Balaban J connectivity index is 0.800. The van der Waals surface area contributed by atoms with Crippen molar-refractivity contribution in [1.29, 1.82) is 5.26 Å². The smallest absolute Gasteiger partial charge is 0.234 e. The van der Waals surface area contributed by atoms with E-state index in [1.807, 2.05) is 47.2 Å². The molecule has 1 saturated carbocycles. The number of fused-ring (bicyclic) bond motifs is 1. The van der Waals surface area contributed by atoms with Crippen LogP contribution in [0.15, 0.2) is 55.0 Å². The number of carbonyl (C=O) groups excluding carboxylic acids is 2. The summed E-state index contributed by atoms with van der Waals surface area (Å²) in [5, 5.41) is 31.6. The molecule has 0 aromatic carbocycles. The summed E-state index contributed by atoms with van der Waals surface area (Å²) in [6.45, 7) is 4.54. The third kappa shape index (κ3) is 8.18. The Morgan fingerprint density at radius 3 is 2.53 bits per heavy atom. The summed E-state index contributed by atoms with van der Waals surface area (Å²) in [5.74, 6) is 1.30. The van der Waals surface area contributed by atoms with Gasteiger partial charge in [-0.3, -0.25) is 19.9 Å². The van der Waals surface area contributed by atoms with Gasteiger partial charge in [0.05, 0.1) is 40.1 Å². The zero-order chi connectivity index (χ0) is 39.6. The van der Waals surface area contributed by atoms with Crippen molar-refractivity contribution in [2.75, 3.05) is 50.1 Å². The van der Waals surface area contributed by atoms with Crippen LogP contribution in [0.2, 0.25) is 0 Å². The number of rotatable bonds is 10. The minimum atomic E-state index is -0.302. The molecule has 58 heavy (non-hydrogen) atoms. The van der Waals surface area contributed by atoms with Gasteiger partial charge in [0.1, 0.15) is 16.9 Å². The molecular weight excluding hydrogens is 751 g/mol. The lowest BCUT2D eigenvalue weighted by atomic mass is 9.85. The standard InChI is InChI=1S/C43H49N11O3S/c1-52(26-27-12-16-53(17-13-27)39-10-4-30(24-46-39)34-8-11-40(55)49-41(34)56)32-5-2-29(3-6-32)42-50-51-43(58-42)35-25-45-37(21-36(35)48-31-14-18-57-19-15-31)38-9-7-33-20-28(22-44)23-47-54(33)38/h4,7,9-10,20-21,23-25,27,29,31-32,34H,2-3,5-6,8,11-19,26H2,1H3,(H,45,48)(H,49,55,56)/t29?,32?,34-/m1/s1. The van der Waals surface area contributed by atoms with Gasteiger partial charge >= 0.3 is 0 Å². The number of carbonyl (C=O) groups is 2. The van der Waals surface area contributed by atoms with Crippen LogP contribution in [0.5, 0.6) is 0 Å². The first-order valence-electron chi connectivity index (χ1n) is 20.7. The number of amides is 2. The highest BCUT2D eigenvalue weighted by Crippen LogP contribution is 2.40. The van der Waals surface area contributed by atoms with E-state index in [2.05, 4.69) is 44.7 Å². The number of nitriles is 1. The highest BCUT2D eigenvalue weighted by molar-refractivity contribution is 7.14. The zero-order valence-electron chi connectivity index (χ0n) is 32.8. The molecule has 8 heterocycles. The second-order valence-electron chi connectivity index (χ2n) is 16.3. The number of hydrogen-bond donors (Lipinski definition) is 2. The second kappa shape index (κ2) is 16.9. The molecule has 15 heteroatoms. The first-order valence-corrected chi connectivity index (χ1v) is 21.5. The molecule has 5 aromatic rings. The molecule has 300 valence electrons. The SMILES string of the molecule is CN(CC1CCN(c2ccc([C@H]3CCC(=O)NC3=O)cn2)CC1)C1CCC(c2nnc(-c3cnc(-c4ccc5cc(C#N)cnn45)cc3NC3CCOCC3)s2)CC1. The van der Waals surface area contributed by atoms with Gasteiger partial charge in [-0.1, -0.05) is 17.4 Å². The molecule has 1 atom stereocenters. The van der Waals surface area contributed by atoms with E-state index in [-0.39, 0.29) is 17.7 Å². The molecule has 0 spiro atoms. The van der Waals surface area contributed by atoms with Gasteiger partial charge in [-0.2, -0.15) is 10.4 Å². The topological polar surface area (TPSA) is 167 Å². The van der Waals surface area contributed by atoms with E-state index in [0.29, 0.717) is 42.3 Å². The fourth-order valence-electron chi connectivity index (χ4n) is 9.18. The summed E-state index contributed by atoms with van der Waals surface area (Å²) in [5.41, 5.74) is 5.85. The van der Waals surface area contributed by atoms with Crippen LogP contribution in [0.4, 0.5) is 11.5 Å². The summed E-state index contributed by atoms with van der Waals surface area (Å²) < 4.78 is 7.47. The highest BCUT2D eigenvalue weighted by atomic mass is 32.1. The largest absolute Gasteiger partial charge is 0.381 e. The molecular formula is C43H49N11O3S. The molecule has 0 radical (unpaired) electrons. The van der Waals surface area contributed by atoms with Gasteiger partial charge in [-0.25, -0.2) is 9.50 Å². The van der Waals surface area contributed by atoms with Crippen LogP contribution in [0.1, 0.15) is 92.2 Å². The minimum absolute atomic E-state index is 0.194. The van der Waals surface area contributed by atoms with Crippen molar-refractivity contribution in [3.63, 3.8) is 0 Å². The lowest BCUT2D eigenvalue weighted by molar-refractivity contribution is -0.134. The molecule has 5 aromatic heterocycles. The van der Waals surface area contributed by atoms with E-state index in [0.717, 1.165) is 134 Å². The zero-order valence-corrected chi connectivity index (χ0v) is 33.7. The average molecular weight is 800 g/mol. The van der Waals surface area contributed by atoms with Gasteiger partial charge in [-0.15, -0.1) is 10.2 Å². The number of nitrogens with one attached hydrogen (secondary N) is 2. The first kappa shape index (κ1) is 38.2. The Labute approximate surface area is 342 Å². The van der Waals surface area contributed by atoms with Crippen LogP contribution >= 0.6 is 11.3 Å². The van der Waals surface area contributed by atoms with Crippen molar-refractivity contribution < 1.29 is 14.3 Å². The van der Waals surface area contributed by atoms with E-state index in [1.54, 1.807) is 17.5 Å². The Kier molecular flexibility index (Phi) is 11.1. The van der Waals surface area contributed by atoms with Crippen molar-refractivity contribution in [2.24, 2.45) is 5.92 Å². The number of hydrogen-bond acceptors (Lipinski definition) is 13. The Morgan fingerprint density at radius 2 is 1.78 bits per heavy atom. The molecule has 2 amide bonds. The van der Waals surface area contributed by atoms with Gasteiger partial charge in [0, 0.05) is 75.4 Å². The number of imide groups is 1. The van der Waals surface area contributed by atoms with Crippen molar-refractivity contribution in [1.82, 2.24) is 40.0 Å². The number of aromatic nitrogens is 6. The summed E-state index contributed by atoms with van der Waals surface area (Å²) >= 11 is 1.69. The quantitative estimate of drug-likeness (QED) is 0.155. The number of ether oxygens (including phenoxy) is 1. The summed E-state index contributed by atoms with van der Waals surface area (Å²) in [4.78, 5) is 38.4. The van der Waals surface area contributed by atoms with E-state index in [1.165, 1.54) is 0 Å². The Bertz CT molecular complexity index is 2300. The lowest BCUT2D eigenvalue weighted by Gasteiger charge is -2.38. The number of nitrogens with zero attached hydrogens (tertiary/aromatic N) is 9. The summed E-state index contributed by atoms with van der Waals surface area (Å²) in [6, 6.07) is 14.9. The van der Waals surface area contributed by atoms with Crippen molar-refractivity contribution in [2.45, 2.75) is 88.1 Å². The van der Waals surface area contributed by atoms with Gasteiger partial charge in [0.25, 0.3) is 0 Å². The third-order valence-corrected chi connectivity index (χ3v) is 13.7. The fraction of sp³-hybridized carbons (Fsp3) is 0.488. The van der Waals surface area contributed by atoms with E-state index in [4.69, 9.17) is 24.9 Å². The third-order valence-electron chi connectivity index (χ3n) is 12.6. The lowest BCUT2D eigenvalue weighted by Crippen LogP contribution is -2.42. The van der Waals surface area contributed by atoms with Crippen LogP contribution in [-0.2, 0) is 14.3 Å². The average Bonchev–Trinajstić information content (AvgIpc) is 3.93. The maximum absolute atomic E-state index is 12.3. The maximum Gasteiger partial charge on any atom is 0.234 e. The van der Waals surface area contributed by atoms with Gasteiger partial charge in [0.15, 0.2) is 5.01 Å². The number of anilines is 2. The van der Waals surface area contributed by atoms with E-state index in [9.17, 15) is 14.9 Å². The Morgan fingerprint density at radius 1 is 0.948 bits per heavy atom. The predicted octanol–water partition coefficient (Wildman–Crippen LogP) is 6.17. The fourth-order valence-corrected chi connectivity index (χ4v) is 10.2. The van der Waals surface area contributed by atoms with Gasteiger partial charge < -0.3 is 19.9 Å². The summed E-state index contributed by atoms with van der Waals surface area (Å²) in [6.07, 6.45) is 14.9. The van der Waals surface area contributed by atoms with E-state index >= 15 is 0 Å². The molecule has 0 bridgehead atoms. The molecule has 4 aliphatic rings. The molecule has 2 N–H and O–H groups in total. The molecule has 1 aliphatic carbocycles. The minimum Gasteiger partial charge on any atom is -0.381 e. The Hall–Kier alpha value is -5.30. The normalized spacial score (nSPS) is 22.3. The van der Waals surface area contributed by atoms with Crippen LogP contribution in [0.25, 0.3) is 27.5 Å². The van der Waals surface area contributed by atoms with Crippen LogP contribution in [-0.4, -0.2) is 98.5 Å². The first-order chi connectivity index (χ1) is 28.4. The highest BCUT2D eigenvalue weighted by Gasteiger charge is 2.31. The van der Waals surface area contributed by atoms with Crippen LogP contribution in [0.3, 0.4) is 0 Å². The second-order valence-corrected chi connectivity index (χ2v) is 17.3. The van der Waals surface area contributed by atoms with Crippen molar-refractivity contribution in [3.8, 4) is 28.0 Å². The molecule has 14 nitrogen and oxygen atoms in total. The van der Waals surface area contributed by atoms with Crippen molar-refractivity contribution in [3.05, 3.63) is 71.1 Å². The molecule has 0 unspecified atom stereocenters. The number of pyridine rings is 2. The molecule has 4 fully saturated rings. The van der Waals surface area contributed by atoms with Crippen LogP contribution < -0.4 is 15.5 Å². The predicted molar refractivity (Wildman–Crippen MR) is 221 cm³/mol. The molecule has 3 saturated heterocycles.